The molecule has 0 aromatic heterocycles. The van der Waals surface area contributed by atoms with Gasteiger partial charge in [0.2, 0.25) is 0 Å². The third-order valence-corrected chi connectivity index (χ3v) is 6.82. The average molecular weight is 481 g/mol. The van der Waals surface area contributed by atoms with Gasteiger partial charge in [0.05, 0.1) is 25.4 Å². The number of carbonyl (C=O) groups excluding carboxylic acids is 2. The Morgan fingerprint density at radius 1 is 0.806 bits per heavy atom. The van der Waals surface area contributed by atoms with Gasteiger partial charge in [-0.15, -0.1) is 11.8 Å². The fourth-order valence-corrected chi connectivity index (χ4v) is 4.67. The number of ether oxygens (including phenoxy) is 2. The summed E-state index contributed by atoms with van der Waals surface area (Å²) in [5.41, 5.74) is 0. The molecule has 0 aliphatic heterocycles. The third kappa shape index (κ3) is 21.0. The van der Waals surface area contributed by atoms with Crippen molar-refractivity contribution < 1.29 is 27.8 Å². The van der Waals surface area contributed by atoms with E-state index in [-0.39, 0.29) is 24.1 Å². The van der Waals surface area contributed by atoms with Crippen LogP contribution in [0.3, 0.4) is 0 Å². The molecule has 0 radical (unpaired) electrons. The van der Waals surface area contributed by atoms with Gasteiger partial charge in [0.1, 0.15) is 5.25 Å². The quantitative estimate of drug-likeness (QED) is 0.117. The normalized spacial score (nSPS) is 13.0. The maximum absolute atomic E-state index is 12.5. The molecule has 0 aliphatic carbocycles. The van der Waals surface area contributed by atoms with Crippen molar-refractivity contribution in [3.8, 4) is 0 Å². The second kappa shape index (κ2) is 22.6. The second-order valence-electron chi connectivity index (χ2n) is 7.87. The van der Waals surface area contributed by atoms with Crippen LogP contribution >= 0.6 is 11.8 Å². The molecule has 0 aliphatic rings. The number of hydrogen-bond acceptors (Lipinski definition) is 6. The van der Waals surface area contributed by atoms with Gasteiger partial charge < -0.3 is 14.0 Å². The Balaban J connectivity index is 4.23. The summed E-state index contributed by atoms with van der Waals surface area (Å²) in [6, 6.07) is 0. The van der Waals surface area contributed by atoms with E-state index in [9.17, 15) is 13.8 Å². The maximum atomic E-state index is 12.5. The standard InChI is InChI=1S/C23H44O6S2/c1-3-5-7-9-11-13-16-28-22(24)20-21(30-18-15-19-31(26)27)23(25)29-17-14-12-10-8-6-4-2/h21H,3-20H2,1-2H3,(H,26,27). The highest BCUT2D eigenvalue weighted by Gasteiger charge is 2.24. The van der Waals surface area contributed by atoms with Gasteiger partial charge in [-0.25, -0.2) is 4.21 Å². The first-order valence-electron chi connectivity index (χ1n) is 12.0. The summed E-state index contributed by atoms with van der Waals surface area (Å²) in [5.74, 6) is -0.0866. The summed E-state index contributed by atoms with van der Waals surface area (Å²) >= 11 is -0.535. The van der Waals surface area contributed by atoms with Crippen LogP contribution < -0.4 is 0 Å². The summed E-state index contributed by atoms with van der Waals surface area (Å²) in [6.07, 6.45) is 13.8. The smallest absolute Gasteiger partial charge is 0.319 e. The van der Waals surface area contributed by atoms with Crippen molar-refractivity contribution in [2.45, 2.75) is 109 Å². The lowest BCUT2D eigenvalue weighted by atomic mass is 10.1. The van der Waals surface area contributed by atoms with E-state index >= 15 is 0 Å². The van der Waals surface area contributed by atoms with Crippen molar-refractivity contribution in [1.29, 1.82) is 0 Å². The monoisotopic (exact) mass is 480 g/mol. The van der Waals surface area contributed by atoms with Gasteiger partial charge >= 0.3 is 11.9 Å². The Labute approximate surface area is 196 Å². The molecule has 0 rings (SSSR count). The molecular formula is C23H44O6S2. The van der Waals surface area contributed by atoms with Crippen molar-refractivity contribution >= 4 is 34.8 Å². The highest BCUT2D eigenvalue weighted by atomic mass is 32.2. The summed E-state index contributed by atoms with van der Waals surface area (Å²) in [4.78, 5) is 24.6. The molecule has 0 aromatic rings. The summed E-state index contributed by atoms with van der Waals surface area (Å²) < 4.78 is 30.4. The van der Waals surface area contributed by atoms with Crippen LogP contribution in [0.1, 0.15) is 104 Å². The fraction of sp³-hybridized carbons (Fsp3) is 0.913. The number of unbranched alkanes of at least 4 members (excludes halogenated alkanes) is 10. The Morgan fingerprint density at radius 2 is 1.32 bits per heavy atom. The van der Waals surface area contributed by atoms with Crippen LogP contribution in [0.25, 0.3) is 0 Å². The molecule has 1 N–H and O–H groups in total. The molecule has 2 atom stereocenters. The van der Waals surface area contributed by atoms with E-state index in [0.717, 1.165) is 38.5 Å². The lowest BCUT2D eigenvalue weighted by Gasteiger charge is -2.15. The fourth-order valence-electron chi connectivity index (χ4n) is 3.05. The van der Waals surface area contributed by atoms with Gasteiger partial charge in [0.15, 0.2) is 11.1 Å². The number of thioether (sulfide) groups is 1. The van der Waals surface area contributed by atoms with E-state index in [0.29, 0.717) is 25.4 Å². The highest BCUT2D eigenvalue weighted by molar-refractivity contribution is 8.00. The van der Waals surface area contributed by atoms with Crippen molar-refractivity contribution in [1.82, 2.24) is 0 Å². The first-order valence-corrected chi connectivity index (χ1v) is 14.3. The topological polar surface area (TPSA) is 89.9 Å². The Morgan fingerprint density at radius 3 is 1.87 bits per heavy atom. The minimum atomic E-state index is -1.84. The first-order chi connectivity index (χ1) is 15.0. The highest BCUT2D eigenvalue weighted by Crippen LogP contribution is 2.19. The molecule has 0 amide bonds. The predicted molar refractivity (Wildman–Crippen MR) is 130 cm³/mol. The predicted octanol–water partition coefficient (Wildman–Crippen LogP) is 5.90. The Kier molecular flexibility index (Phi) is 22.2. The SMILES string of the molecule is CCCCCCCCOC(=O)CC(SCCCS(=O)O)C(=O)OCCCCCCCC. The van der Waals surface area contributed by atoms with E-state index < -0.39 is 16.3 Å². The average Bonchev–Trinajstić information content (AvgIpc) is 2.74. The molecule has 0 spiro atoms. The minimum Gasteiger partial charge on any atom is -0.466 e. The zero-order chi connectivity index (χ0) is 23.2. The minimum absolute atomic E-state index is 0.0158. The molecule has 0 aromatic carbocycles. The molecule has 184 valence electrons. The van der Waals surface area contributed by atoms with Crippen molar-refractivity contribution in [3.05, 3.63) is 0 Å². The number of hydrogen-bond donors (Lipinski definition) is 1. The van der Waals surface area contributed by atoms with Gasteiger partial charge in [-0.2, -0.15) is 0 Å². The van der Waals surface area contributed by atoms with Gasteiger partial charge in [-0.1, -0.05) is 78.1 Å². The van der Waals surface area contributed by atoms with E-state index in [2.05, 4.69) is 13.8 Å². The van der Waals surface area contributed by atoms with E-state index in [1.807, 2.05) is 0 Å². The Bertz CT molecular complexity index is 473. The van der Waals surface area contributed by atoms with Gasteiger partial charge in [0.25, 0.3) is 0 Å². The van der Waals surface area contributed by atoms with Crippen LogP contribution in [-0.2, 0) is 30.1 Å². The largest absolute Gasteiger partial charge is 0.466 e. The van der Waals surface area contributed by atoms with Crippen LogP contribution in [-0.4, -0.2) is 50.7 Å². The molecule has 0 bridgehead atoms. The molecule has 2 unspecified atom stereocenters. The van der Waals surface area contributed by atoms with Gasteiger partial charge in [-0.3, -0.25) is 9.59 Å². The van der Waals surface area contributed by atoms with E-state index in [4.69, 9.17) is 14.0 Å². The first kappa shape index (κ1) is 30.4. The lowest BCUT2D eigenvalue weighted by molar-refractivity contribution is -0.149. The molecule has 0 fully saturated rings. The number of carbonyl (C=O) groups is 2. The summed E-state index contributed by atoms with van der Waals surface area (Å²) in [7, 11) is 0. The second-order valence-corrected chi connectivity index (χ2v) is 10.2. The zero-order valence-corrected chi connectivity index (χ0v) is 21.2. The van der Waals surface area contributed by atoms with Crippen molar-refractivity contribution in [2.24, 2.45) is 0 Å². The molecular weight excluding hydrogens is 436 g/mol. The Hall–Kier alpha value is -0.600. The van der Waals surface area contributed by atoms with E-state index in [1.54, 1.807) is 0 Å². The summed E-state index contributed by atoms with van der Waals surface area (Å²) in [5, 5.41) is -0.621. The lowest BCUT2D eigenvalue weighted by Crippen LogP contribution is -2.25. The van der Waals surface area contributed by atoms with Crippen LogP contribution in [0, 0.1) is 0 Å². The number of esters is 2. The molecule has 8 heteroatoms. The van der Waals surface area contributed by atoms with Crippen molar-refractivity contribution in [3.63, 3.8) is 0 Å². The molecule has 0 heterocycles. The van der Waals surface area contributed by atoms with Gasteiger partial charge in [0, 0.05) is 0 Å². The van der Waals surface area contributed by atoms with Crippen molar-refractivity contribution in [2.75, 3.05) is 24.7 Å². The van der Waals surface area contributed by atoms with E-state index in [1.165, 1.54) is 50.3 Å². The molecule has 0 saturated heterocycles. The number of rotatable bonds is 22. The van der Waals surface area contributed by atoms with Crippen LogP contribution in [0.5, 0.6) is 0 Å². The summed E-state index contributed by atoms with van der Waals surface area (Å²) in [6.45, 7) is 5.11. The molecule has 31 heavy (non-hydrogen) atoms. The molecule has 6 nitrogen and oxygen atoms in total. The van der Waals surface area contributed by atoms with Gasteiger partial charge in [-0.05, 0) is 25.0 Å². The molecule has 0 saturated carbocycles. The van der Waals surface area contributed by atoms with Crippen LogP contribution in [0.4, 0.5) is 0 Å². The zero-order valence-electron chi connectivity index (χ0n) is 19.6. The maximum Gasteiger partial charge on any atom is 0.319 e. The van der Waals surface area contributed by atoms with Crippen LogP contribution in [0.2, 0.25) is 0 Å². The van der Waals surface area contributed by atoms with Crippen LogP contribution in [0.15, 0.2) is 0 Å². The third-order valence-electron chi connectivity index (χ3n) is 4.90.